The van der Waals surface area contributed by atoms with Gasteiger partial charge in [0.2, 0.25) is 5.95 Å². The topological polar surface area (TPSA) is 71.0 Å². The summed E-state index contributed by atoms with van der Waals surface area (Å²) in [6, 6.07) is 11.3. The van der Waals surface area contributed by atoms with Gasteiger partial charge in [-0.05, 0) is 26.0 Å². The highest BCUT2D eigenvalue weighted by Gasteiger charge is 2.15. The van der Waals surface area contributed by atoms with E-state index in [0.29, 0.717) is 17.3 Å². The molecule has 0 aliphatic rings. The van der Waals surface area contributed by atoms with Gasteiger partial charge in [0.15, 0.2) is 0 Å². The molecule has 0 saturated carbocycles. The molecule has 0 bridgehead atoms. The Kier molecular flexibility index (Phi) is 4.12. The maximum absolute atomic E-state index is 12.5. The molecule has 0 spiro atoms. The number of carbonyl (C=O) groups is 1. The van der Waals surface area contributed by atoms with E-state index in [0.717, 1.165) is 22.3 Å². The van der Waals surface area contributed by atoms with Gasteiger partial charge in [0.05, 0.1) is 22.6 Å². The van der Waals surface area contributed by atoms with Gasteiger partial charge in [-0.3, -0.25) is 4.79 Å². The monoisotopic (exact) mass is 321 g/mol. The first-order valence-electron chi connectivity index (χ1n) is 7.65. The standard InChI is InChI=1S/C18H19N5O/c1-11-16(12(2)20-18(19-11)23(3)4)22-17(24)15-10-9-13-7-5-6-8-14(13)21-15/h5-10H,1-4H3,(H,22,24). The number of para-hydroxylation sites is 1. The number of hydrogen-bond donors (Lipinski definition) is 1. The van der Waals surface area contributed by atoms with Crippen LogP contribution in [0.5, 0.6) is 0 Å². The minimum absolute atomic E-state index is 0.270. The molecule has 1 aromatic carbocycles. The molecule has 122 valence electrons. The highest BCUT2D eigenvalue weighted by Crippen LogP contribution is 2.20. The van der Waals surface area contributed by atoms with Crippen molar-refractivity contribution in [1.29, 1.82) is 0 Å². The van der Waals surface area contributed by atoms with E-state index in [1.807, 2.05) is 63.2 Å². The lowest BCUT2D eigenvalue weighted by atomic mass is 10.2. The number of amides is 1. The van der Waals surface area contributed by atoms with E-state index in [1.54, 1.807) is 6.07 Å². The molecule has 0 radical (unpaired) electrons. The van der Waals surface area contributed by atoms with Crippen LogP contribution in [0.1, 0.15) is 21.9 Å². The van der Waals surface area contributed by atoms with E-state index in [-0.39, 0.29) is 5.91 Å². The first-order valence-corrected chi connectivity index (χ1v) is 7.65. The van der Waals surface area contributed by atoms with Crippen LogP contribution >= 0.6 is 0 Å². The van der Waals surface area contributed by atoms with Crippen molar-refractivity contribution in [3.8, 4) is 0 Å². The lowest BCUT2D eigenvalue weighted by Crippen LogP contribution is -2.19. The summed E-state index contributed by atoms with van der Waals surface area (Å²) in [5.41, 5.74) is 3.23. The molecule has 1 amide bonds. The average Bonchev–Trinajstić information content (AvgIpc) is 2.57. The summed E-state index contributed by atoms with van der Waals surface area (Å²) in [6.07, 6.45) is 0. The first kappa shape index (κ1) is 15.9. The summed E-state index contributed by atoms with van der Waals surface area (Å²) < 4.78 is 0. The molecule has 2 heterocycles. The van der Waals surface area contributed by atoms with Crippen LogP contribution in [0.2, 0.25) is 0 Å². The van der Waals surface area contributed by atoms with Crippen molar-refractivity contribution in [2.45, 2.75) is 13.8 Å². The van der Waals surface area contributed by atoms with Crippen molar-refractivity contribution in [2.24, 2.45) is 0 Å². The van der Waals surface area contributed by atoms with Gasteiger partial charge in [-0.25, -0.2) is 15.0 Å². The molecular weight excluding hydrogens is 302 g/mol. The third kappa shape index (κ3) is 3.03. The molecule has 0 atom stereocenters. The fourth-order valence-electron chi connectivity index (χ4n) is 2.45. The van der Waals surface area contributed by atoms with E-state index in [4.69, 9.17) is 0 Å². The molecule has 2 aromatic heterocycles. The van der Waals surface area contributed by atoms with Crippen molar-refractivity contribution in [3.05, 3.63) is 53.5 Å². The quantitative estimate of drug-likeness (QED) is 0.803. The maximum Gasteiger partial charge on any atom is 0.274 e. The van der Waals surface area contributed by atoms with E-state index in [9.17, 15) is 4.79 Å². The number of hydrogen-bond acceptors (Lipinski definition) is 5. The summed E-state index contributed by atoms with van der Waals surface area (Å²) in [7, 11) is 3.76. The number of rotatable bonds is 3. The predicted molar refractivity (Wildman–Crippen MR) is 95.5 cm³/mol. The van der Waals surface area contributed by atoms with Crippen molar-refractivity contribution in [3.63, 3.8) is 0 Å². The summed E-state index contributed by atoms with van der Waals surface area (Å²) in [4.78, 5) is 27.6. The third-order valence-electron chi connectivity index (χ3n) is 3.73. The number of fused-ring (bicyclic) bond motifs is 1. The zero-order valence-corrected chi connectivity index (χ0v) is 14.2. The summed E-state index contributed by atoms with van der Waals surface area (Å²) in [5, 5.41) is 3.88. The molecule has 0 fully saturated rings. The van der Waals surface area contributed by atoms with Crippen molar-refractivity contribution >= 4 is 28.4 Å². The number of anilines is 2. The van der Waals surface area contributed by atoms with Crippen LogP contribution < -0.4 is 10.2 Å². The van der Waals surface area contributed by atoms with Crippen LogP contribution in [0.3, 0.4) is 0 Å². The van der Waals surface area contributed by atoms with E-state index < -0.39 is 0 Å². The van der Waals surface area contributed by atoms with Gasteiger partial charge >= 0.3 is 0 Å². The second kappa shape index (κ2) is 6.23. The predicted octanol–water partition coefficient (Wildman–Crippen LogP) is 2.96. The second-order valence-corrected chi connectivity index (χ2v) is 5.81. The number of carbonyl (C=O) groups excluding carboxylic acids is 1. The summed E-state index contributed by atoms with van der Waals surface area (Å²) in [6.45, 7) is 3.70. The van der Waals surface area contributed by atoms with Gasteiger partial charge in [-0.1, -0.05) is 24.3 Å². The molecule has 3 aromatic rings. The Labute approximate surface area is 140 Å². The Morgan fingerprint density at radius 2 is 1.62 bits per heavy atom. The fraction of sp³-hybridized carbons (Fsp3) is 0.222. The van der Waals surface area contributed by atoms with Crippen molar-refractivity contribution in [1.82, 2.24) is 15.0 Å². The third-order valence-corrected chi connectivity index (χ3v) is 3.73. The van der Waals surface area contributed by atoms with Gasteiger partial charge < -0.3 is 10.2 Å². The molecule has 24 heavy (non-hydrogen) atoms. The largest absolute Gasteiger partial charge is 0.347 e. The SMILES string of the molecule is Cc1nc(N(C)C)nc(C)c1NC(=O)c1ccc2ccccc2n1. The number of nitrogens with one attached hydrogen (secondary N) is 1. The van der Waals surface area contributed by atoms with Crippen LogP contribution in [-0.4, -0.2) is 35.0 Å². The zero-order valence-electron chi connectivity index (χ0n) is 14.2. The lowest BCUT2D eigenvalue weighted by molar-refractivity contribution is 0.102. The molecule has 6 heteroatoms. The lowest BCUT2D eigenvalue weighted by Gasteiger charge is -2.15. The highest BCUT2D eigenvalue weighted by atomic mass is 16.1. The summed E-state index contributed by atoms with van der Waals surface area (Å²) >= 11 is 0. The Balaban J connectivity index is 1.91. The number of nitrogens with zero attached hydrogens (tertiary/aromatic N) is 4. The first-order chi connectivity index (χ1) is 11.5. The number of pyridine rings is 1. The Morgan fingerprint density at radius 1 is 0.958 bits per heavy atom. The maximum atomic E-state index is 12.5. The Hall–Kier alpha value is -3.02. The molecule has 0 saturated heterocycles. The van der Waals surface area contributed by atoms with Crippen molar-refractivity contribution < 1.29 is 4.79 Å². The molecule has 0 unspecified atom stereocenters. The van der Waals surface area contributed by atoms with Gasteiger partial charge in [0.1, 0.15) is 5.69 Å². The Morgan fingerprint density at radius 3 is 2.29 bits per heavy atom. The highest BCUT2D eigenvalue weighted by molar-refractivity contribution is 6.04. The molecule has 1 N–H and O–H groups in total. The number of aromatic nitrogens is 3. The Bertz CT molecular complexity index is 897. The average molecular weight is 321 g/mol. The van der Waals surface area contributed by atoms with Gasteiger partial charge in [-0.2, -0.15) is 0 Å². The van der Waals surface area contributed by atoms with E-state index in [2.05, 4.69) is 20.3 Å². The second-order valence-electron chi connectivity index (χ2n) is 5.81. The van der Waals surface area contributed by atoms with Crippen LogP contribution in [0, 0.1) is 13.8 Å². The molecule has 0 aliphatic heterocycles. The molecule has 6 nitrogen and oxygen atoms in total. The molecule has 0 aliphatic carbocycles. The smallest absolute Gasteiger partial charge is 0.274 e. The van der Waals surface area contributed by atoms with E-state index in [1.165, 1.54) is 0 Å². The summed E-state index contributed by atoms with van der Waals surface area (Å²) in [5.74, 6) is 0.347. The zero-order chi connectivity index (χ0) is 17.3. The fourth-order valence-corrected chi connectivity index (χ4v) is 2.45. The van der Waals surface area contributed by atoms with Gasteiger partial charge in [0.25, 0.3) is 5.91 Å². The van der Waals surface area contributed by atoms with Crippen LogP contribution in [-0.2, 0) is 0 Å². The van der Waals surface area contributed by atoms with Crippen LogP contribution in [0.15, 0.2) is 36.4 Å². The van der Waals surface area contributed by atoms with Crippen LogP contribution in [0.25, 0.3) is 10.9 Å². The van der Waals surface area contributed by atoms with Crippen molar-refractivity contribution in [2.75, 3.05) is 24.3 Å². The van der Waals surface area contributed by atoms with Gasteiger partial charge in [0, 0.05) is 19.5 Å². The minimum atomic E-state index is -0.270. The van der Waals surface area contributed by atoms with Gasteiger partial charge in [-0.15, -0.1) is 0 Å². The van der Waals surface area contributed by atoms with Crippen LogP contribution in [0.4, 0.5) is 11.6 Å². The minimum Gasteiger partial charge on any atom is -0.347 e. The molecular formula is C18H19N5O. The number of benzene rings is 1. The van der Waals surface area contributed by atoms with E-state index >= 15 is 0 Å². The normalized spacial score (nSPS) is 10.7. The molecule has 3 rings (SSSR count). The number of aryl methyl sites for hydroxylation is 2.